The number of carbonyl (C=O) groups is 2. The van der Waals surface area contributed by atoms with Crippen molar-refractivity contribution in [3.05, 3.63) is 0 Å². The number of nitrogens with one attached hydrogen (secondary N) is 1. The zero-order valence-electron chi connectivity index (χ0n) is 13.6. The lowest BCUT2D eigenvalue weighted by Crippen LogP contribution is -2.44. The highest BCUT2D eigenvalue weighted by Crippen LogP contribution is 2.23. The molecule has 0 aromatic carbocycles. The number of amides is 3. The molecule has 21 heavy (non-hydrogen) atoms. The van der Waals surface area contributed by atoms with Crippen LogP contribution in [0.1, 0.15) is 53.4 Å². The van der Waals surface area contributed by atoms with E-state index in [2.05, 4.69) is 12.2 Å². The van der Waals surface area contributed by atoms with E-state index in [9.17, 15) is 9.59 Å². The van der Waals surface area contributed by atoms with Crippen molar-refractivity contribution in [2.75, 3.05) is 19.8 Å². The Labute approximate surface area is 127 Å². The van der Waals surface area contributed by atoms with E-state index in [0.717, 1.165) is 12.8 Å². The van der Waals surface area contributed by atoms with Crippen LogP contribution >= 0.6 is 0 Å². The van der Waals surface area contributed by atoms with E-state index in [0.29, 0.717) is 32.6 Å². The lowest BCUT2D eigenvalue weighted by Gasteiger charge is -2.22. The van der Waals surface area contributed by atoms with Gasteiger partial charge in [0.15, 0.2) is 6.29 Å². The molecule has 1 unspecified atom stereocenters. The summed E-state index contributed by atoms with van der Waals surface area (Å²) in [5, 5.41) is 2.81. The van der Waals surface area contributed by atoms with Crippen molar-refractivity contribution in [3.8, 4) is 0 Å². The Morgan fingerprint density at radius 2 is 1.81 bits per heavy atom. The summed E-state index contributed by atoms with van der Waals surface area (Å²) < 4.78 is 10.9. The first-order chi connectivity index (χ1) is 9.98. The maximum atomic E-state index is 12.4. The van der Waals surface area contributed by atoms with E-state index >= 15 is 0 Å². The Hall–Kier alpha value is -1.14. The van der Waals surface area contributed by atoms with Gasteiger partial charge in [-0.3, -0.25) is 9.69 Å². The summed E-state index contributed by atoms with van der Waals surface area (Å²) in [6.07, 6.45) is 2.70. The lowest BCUT2D eigenvalue weighted by atomic mass is 9.95. The van der Waals surface area contributed by atoms with Gasteiger partial charge in [-0.2, -0.15) is 0 Å². The van der Waals surface area contributed by atoms with Crippen molar-refractivity contribution in [2.24, 2.45) is 0 Å². The summed E-state index contributed by atoms with van der Waals surface area (Å²) in [6, 6.07) is -0.314. The minimum Gasteiger partial charge on any atom is -0.353 e. The van der Waals surface area contributed by atoms with Crippen molar-refractivity contribution < 1.29 is 19.1 Å². The first-order valence-corrected chi connectivity index (χ1v) is 7.85. The van der Waals surface area contributed by atoms with E-state index in [1.807, 2.05) is 13.8 Å². The van der Waals surface area contributed by atoms with Crippen molar-refractivity contribution in [2.45, 2.75) is 65.2 Å². The minimum absolute atomic E-state index is 0.146. The largest absolute Gasteiger partial charge is 0.353 e. The van der Waals surface area contributed by atoms with E-state index in [-0.39, 0.29) is 18.2 Å². The van der Waals surface area contributed by atoms with Crippen molar-refractivity contribution in [1.82, 2.24) is 10.2 Å². The number of nitrogens with zero attached hydrogens (tertiary/aromatic N) is 1. The fraction of sp³-hybridized carbons (Fsp3) is 0.867. The zero-order chi connectivity index (χ0) is 15.9. The highest BCUT2D eigenvalue weighted by Gasteiger charge is 2.46. The highest BCUT2D eigenvalue weighted by molar-refractivity contribution is 6.06. The molecule has 1 aliphatic rings. The second kappa shape index (κ2) is 8.34. The van der Waals surface area contributed by atoms with Gasteiger partial charge in [-0.25, -0.2) is 4.79 Å². The molecule has 1 saturated heterocycles. The Kier molecular flexibility index (Phi) is 7.11. The molecule has 1 atom stereocenters. The van der Waals surface area contributed by atoms with E-state index < -0.39 is 5.54 Å². The second-order valence-electron chi connectivity index (χ2n) is 5.45. The second-order valence-corrected chi connectivity index (χ2v) is 5.45. The first kappa shape index (κ1) is 17.9. The van der Waals surface area contributed by atoms with Gasteiger partial charge >= 0.3 is 6.03 Å². The molecular weight excluding hydrogens is 272 g/mol. The molecule has 122 valence electrons. The Morgan fingerprint density at radius 1 is 1.19 bits per heavy atom. The quantitative estimate of drug-likeness (QED) is 0.496. The van der Waals surface area contributed by atoms with Gasteiger partial charge < -0.3 is 14.8 Å². The average Bonchev–Trinajstić information content (AvgIpc) is 2.66. The summed E-state index contributed by atoms with van der Waals surface area (Å²) in [5.74, 6) is -0.146. The van der Waals surface area contributed by atoms with Crippen LogP contribution in [-0.2, 0) is 14.3 Å². The minimum atomic E-state index is -0.764. The number of hydrogen-bond donors (Lipinski definition) is 1. The maximum absolute atomic E-state index is 12.4. The molecule has 1 rings (SSSR count). The fourth-order valence-corrected chi connectivity index (χ4v) is 2.47. The Bertz CT molecular complexity index is 356. The first-order valence-electron chi connectivity index (χ1n) is 7.85. The van der Waals surface area contributed by atoms with Gasteiger partial charge in [0.1, 0.15) is 5.54 Å². The monoisotopic (exact) mass is 300 g/mol. The van der Waals surface area contributed by atoms with E-state index in [1.54, 1.807) is 6.92 Å². The standard InChI is InChI=1S/C15H28N2O4/c1-5-8-10-15(4)13(18)17(14(19)16-15)11-9-12(20-6-2)21-7-3/h12H,5-11H2,1-4H3,(H,16,19). The average molecular weight is 300 g/mol. The maximum Gasteiger partial charge on any atom is 0.325 e. The molecule has 0 bridgehead atoms. The Balaban J connectivity index is 2.58. The number of unbranched alkanes of at least 4 members (excludes halogenated alkanes) is 1. The normalized spacial score (nSPS) is 22.2. The van der Waals surface area contributed by atoms with Crippen LogP contribution in [0.15, 0.2) is 0 Å². The molecule has 0 aromatic heterocycles. The van der Waals surface area contributed by atoms with Crippen LogP contribution in [0.3, 0.4) is 0 Å². The molecule has 3 amide bonds. The molecule has 0 saturated carbocycles. The molecule has 6 heteroatoms. The zero-order valence-corrected chi connectivity index (χ0v) is 13.6. The fourth-order valence-electron chi connectivity index (χ4n) is 2.47. The summed E-state index contributed by atoms with van der Waals surface area (Å²) in [6.45, 7) is 9.04. The van der Waals surface area contributed by atoms with Gasteiger partial charge in [-0.05, 0) is 27.2 Å². The highest BCUT2D eigenvalue weighted by atomic mass is 16.7. The number of ether oxygens (including phenoxy) is 2. The number of hydrogen-bond acceptors (Lipinski definition) is 4. The third kappa shape index (κ3) is 4.68. The molecule has 6 nitrogen and oxygen atoms in total. The Morgan fingerprint density at radius 3 is 2.33 bits per heavy atom. The van der Waals surface area contributed by atoms with Crippen LogP contribution in [0.25, 0.3) is 0 Å². The molecular formula is C15H28N2O4. The van der Waals surface area contributed by atoms with Gasteiger partial charge in [0.05, 0.1) is 0 Å². The summed E-state index contributed by atoms with van der Waals surface area (Å²) >= 11 is 0. The summed E-state index contributed by atoms with van der Waals surface area (Å²) in [5.41, 5.74) is -0.764. The van der Waals surface area contributed by atoms with Gasteiger partial charge in [-0.15, -0.1) is 0 Å². The predicted molar refractivity (Wildman–Crippen MR) is 79.8 cm³/mol. The SMILES string of the molecule is CCCCC1(C)NC(=O)N(CCC(OCC)OCC)C1=O. The molecule has 1 aliphatic heterocycles. The topological polar surface area (TPSA) is 67.9 Å². The summed E-state index contributed by atoms with van der Waals surface area (Å²) in [7, 11) is 0. The summed E-state index contributed by atoms with van der Waals surface area (Å²) in [4.78, 5) is 25.7. The van der Waals surface area contributed by atoms with Gasteiger partial charge in [0.2, 0.25) is 0 Å². The van der Waals surface area contributed by atoms with Crippen molar-refractivity contribution in [1.29, 1.82) is 0 Å². The van der Waals surface area contributed by atoms with Gasteiger partial charge in [-0.1, -0.05) is 19.8 Å². The van der Waals surface area contributed by atoms with Crippen LogP contribution < -0.4 is 5.32 Å². The van der Waals surface area contributed by atoms with E-state index in [1.165, 1.54) is 4.90 Å². The van der Waals surface area contributed by atoms with Crippen LogP contribution in [0.4, 0.5) is 4.79 Å². The van der Waals surface area contributed by atoms with Crippen LogP contribution in [0, 0.1) is 0 Å². The number of carbonyl (C=O) groups excluding carboxylic acids is 2. The lowest BCUT2D eigenvalue weighted by molar-refractivity contribution is -0.144. The van der Waals surface area contributed by atoms with Gasteiger partial charge in [0.25, 0.3) is 5.91 Å². The predicted octanol–water partition coefficient (Wildman–Crippen LogP) is 2.28. The number of rotatable bonds is 10. The number of imide groups is 1. The van der Waals surface area contributed by atoms with Crippen LogP contribution in [0.5, 0.6) is 0 Å². The molecule has 1 heterocycles. The van der Waals surface area contributed by atoms with Crippen LogP contribution in [0.2, 0.25) is 0 Å². The molecule has 0 spiro atoms. The third-order valence-corrected chi connectivity index (χ3v) is 3.67. The van der Waals surface area contributed by atoms with Crippen molar-refractivity contribution in [3.63, 3.8) is 0 Å². The van der Waals surface area contributed by atoms with Crippen LogP contribution in [-0.4, -0.2) is 48.4 Å². The third-order valence-electron chi connectivity index (χ3n) is 3.67. The molecule has 0 aromatic rings. The smallest absolute Gasteiger partial charge is 0.325 e. The molecule has 1 fully saturated rings. The van der Waals surface area contributed by atoms with Gasteiger partial charge in [0, 0.05) is 26.2 Å². The van der Waals surface area contributed by atoms with E-state index in [4.69, 9.17) is 9.47 Å². The molecule has 1 N–H and O–H groups in total. The molecule has 0 radical (unpaired) electrons. The van der Waals surface area contributed by atoms with Crippen molar-refractivity contribution >= 4 is 11.9 Å². The number of urea groups is 1. The molecule has 0 aliphatic carbocycles.